The number of hydrogen-bond acceptors (Lipinski definition) is 3. The van der Waals surface area contributed by atoms with Crippen LogP contribution in [-0.4, -0.2) is 36.6 Å². The number of unbranched alkanes of at least 4 members (excludes halogenated alkanes) is 1. The molecule has 128 valence electrons. The van der Waals surface area contributed by atoms with E-state index in [4.69, 9.17) is 5.11 Å². The molecule has 1 atom stereocenters. The molecule has 0 spiro atoms. The lowest BCUT2D eigenvalue weighted by atomic mass is 10.1. The number of aryl methyl sites for hydroxylation is 2. The van der Waals surface area contributed by atoms with Gasteiger partial charge in [-0.25, -0.2) is 0 Å². The van der Waals surface area contributed by atoms with Crippen LogP contribution < -0.4 is 10.6 Å². The number of carbonyl (C=O) groups excluding carboxylic acids is 1. The Morgan fingerprint density at radius 3 is 2.43 bits per heavy atom. The topological polar surface area (TPSA) is 78.4 Å². The second-order valence-corrected chi connectivity index (χ2v) is 5.86. The first-order valence-corrected chi connectivity index (χ1v) is 8.25. The zero-order valence-corrected chi connectivity index (χ0v) is 14.1. The summed E-state index contributed by atoms with van der Waals surface area (Å²) >= 11 is 0. The van der Waals surface area contributed by atoms with Crippen LogP contribution in [0.1, 0.15) is 43.2 Å². The van der Waals surface area contributed by atoms with Crippen LogP contribution in [0.2, 0.25) is 0 Å². The van der Waals surface area contributed by atoms with Crippen LogP contribution in [0.4, 0.5) is 0 Å². The monoisotopic (exact) mass is 320 g/mol. The highest BCUT2D eigenvalue weighted by Crippen LogP contribution is 2.07. The number of amides is 1. The van der Waals surface area contributed by atoms with Gasteiger partial charge in [-0.1, -0.05) is 29.8 Å². The quantitative estimate of drug-likeness (QED) is 0.547. The molecular weight excluding hydrogens is 292 g/mol. The average molecular weight is 320 g/mol. The highest BCUT2D eigenvalue weighted by molar-refractivity contribution is 5.75. The van der Waals surface area contributed by atoms with Crippen LogP contribution in [0, 0.1) is 6.92 Å². The second-order valence-electron chi connectivity index (χ2n) is 5.86. The molecule has 0 saturated carbocycles. The first kappa shape index (κ1) is 19.2. The molecule has 3 N–H and O–H groups in total. The summed E-state index contributed by atoms with van der Waals surface area (Å²) in [6.45, 7) is 2.67. The molecule has 1 amide bonds. The molecule has 0 heterocycles. The maximum Gasteiger partial charge on any atom is 0.320 e. The lowest BCUT2D eigenvalue weighted by Gasteiger charge is -2.10. The summed E-state index contributed by atoms with van der Waals surface area (Å²) in [6.07, 6.45) is 4.44. The summed E-state index contributed by atoms with van der Waals surface area (Å²) in [6, 6.07) is 7.89. The third kappa shape index (κ3) is 8.35. The van der Waals surface area contributed by atoms with Crippen LogP contribution in [0.25, 0.3) is 0 Å². The van der Waals surface area contributed by atoms with E-state index in [9.17, 15) is 9.59 Å². The standard InChI is InChI=1S/C18H28N2O3/c1-14-9-11-15(12-10-14)6-5-8-17(21)20-13-4-3-7-16(19-2)18(22)23/h9-12,16,19H,3-8,13H2,1-2H3,(H,20,21)(H,22,23). The smallest absolute Gasteiger partial charge is 0.320 e. The van der Waals surface area contributed by atoms with E-state index < -0.39 is 12.0 Å². The van der Waals surface area contributed by atoms with Crippen molar-refractivity contribution >= 4 is 11.9 Å². The molecule has 1 aromatic rings. The Balaban J connectivity index is 2.06. The minimum absolute atomic E-state index is 0.0699. The van der Waals surface area contributed by atoms with Crippen molar-refractivity contribution in [1.82, 2.24) is 10.6 Å². The molecule has 0 aliphatic heterocycles. The maximum atomic E-state index is 11.7. The molecule has 0 aliphatic rings. The summed E-state index contributed by atoms with van der Waals surface area (Å²) in [4.78, 5) is 22.6. The third-order valence-corrected chi connectivity index (χ3v) is 3.88. The van der Waals surface area contributed by atoms with Crippen molar-refractivity contribution in [2.75, 3.05) is 13.6 Å². The van der Waals surface area contributed by atoms with Crippen molar-refractivity contribution in [3.05, 3.63) is 35.4 Å². The van der Waals surface area contributed by atoms with Gasteiger partial charge in [0, 0.05) is 13.0 Å². The van der Waals surface area contributed by atoms with Gasteiger partial charge in [0.25, 0.3) is 0 Å². The number of carbonyl (C=O) groups is 2. The summed E-state index contributed by atoms with van der Waals surface area (Å²) in [5.74, 6) is -0.756. The lowest BCUT2D eigenvalue weighted by Crippen LogP contribution is -2.33. The number of nitrogens with one attached hydrogen (secondary N) is 2. The SMILES string of the molecule is CNC(CCCCNC(=O)CCCc1ccc(C)cc1)C(=O)O. The van der Waals surface area contributed by atoms with Gasteiger partial charge in [0.05, 0.1) is 0 Å². The van der Waals surface area contributed by atoms with Crippen LogP contribution >= 0.6 is 0 Å². The van der Waals surface area contributed by atoms with Crippen LogP contribution in [0.3, 0.4) is 0 Å². The Labute approximate surface area is 138 Å². The zero-order valence-electron chi connectivity index (χ0n) is 14.1. The Morgan fingerprint density at radius 2 is 1.83 bits per heavy atom. The lowest BCUT2D eigenvalue weighted by molar-refractivity contribution is -0.139. The minimum atomic E-state index is -0.826. The fourth-order valence-electron chi connectivity index (χ4n) is 2.39. The van der Waals surface area contributed by atoms with Gasteiger partial charge < -0.3 is 15.7 Å². The Kier molecular flexibility index (Phi) is 8.98. The zero-order chi connectivity index (χ0) is 17.1. The largest absolute Gasteiger partial charge is 0.480 e. The first-order chi connectivity index (χ1) is 11.0. The number of carboxylic acids is 1. The molecule has 0 aromatic heterocycles. The van der Waals surface area contributed by atoms with Gasteiger partial charge in [0.1, 0.15) is 6.04 Å². The van der Waals surface area contributed by atoms with Gasteiger partial charge in [-0.15, -0.1) is 0 Å². The third-order valence-electron chi connectivity index (χ3n) is 3.88. The number of benzene rings is 1. The molecule has 5 nitrogen and oxygen atoms in total. The van der Waals surface area contributed by atoms with E-state index in [1.807, 2.05) is 0 Å². The molecule has 5 heteroatoms. The second kappa shape index (κ2) is 10.8. The van der Waals surface area contributed by atoms with Gasteiger partial charge in [-0.3, -0.25) is 9.59 Å². The molecule has 0 bridgehead atoms. The van der Waals surface area contributed by atoms with Crippen molar-refractivity contribution in [3.8, 4) is 0 Å². The summed E-state index contributed by atoms with van der Waals surface area (Å²) < 4.78 is 0. The molecule has 1 unspecified atom stereocenters. The van der Waals surface area contributed by atoms with Crippen molar-refractivity contribution < 1.29 is 14.7 Å². The molecule has 1 rings (SSSR count). The summed E-state index contributed by atoms with van der Waals surface area (Å²) in [5.41, 5.74) is 2.50. The van der Waals surface area contributed by atoms with Gasteiger partial charge in [-0.2, -0.15) is 0 Å². The molecular formula is C18H28N2O3. The number of carboxylic acid groups (broad SMARTS) is 1. The fourth-order valence-corrected chi connectivity index (χ4v) is 2.39. The van der Waals surface area contributed by atoms with E-state index in [2.05, 4.69) is 41.8 Å². The van der Waals surface area contributed by atoms with Crippen molar-refractivity contribution in [2.45, 2.75) is 51.5 Å². The number of likely N-dealkylation sites (N-methyl/N-ethyl adjacent to an activating group) is 1. The summed E-state index contributed by atoms with van der Waals surface area (Å²) in [7, 11) is 1.65. The van der Waals surface area contributed by atoms with Crippen molar-refractivity contribution in [3.63, 3.8) is 0 Å². The molecule has 23 heavy (non-hydrogen) atoms. The van der Waals surface area contributed by atoms with Crippen molar-refractivity contribution in [2.24, 2.45) is 0 Å². The number of aliphatic carboxylic acids is 1. The molecule has 0 fully saturated rings. The van der Waals surface area contributed by atoms with E-state index >= 15 is 0 Å². The highest BCUT2D eigenvalue weighted by Gasteiger charge is 2.13. The van der Waals surface area contributed by atoms with Crippen LogP contribution in [-0.2, 0) is 16.0 Å². The number of rotatable bonds is 11. The van der Waals surface area contributed by atoms with Crippen LogP contribution in [0.15, 0.2) is 24.3 Å². The molecule has 0 aliphatic carbocycles. The van der Waals surface area contributed by atoms with E-state index in [1.54, 1.807) is 7.05 Å². The van der Waals surface area contributed by atoms with Gasteiger partial charge >= 0.3 is 5.97 Å². The van der Waals surface area contributed by atoms with Gasteiger partial charge in [0.15, 0.2) is 0 Å². The highest BCUT2D eigenvalue weighted by atomic mass is 16.4. The minimum Gasteiger partial charge on any atom is -0.480 e. The van der Waals surface area contributed by atoms with E-state index in [-0.39, 0.29) is 5.91 Å². The van der Waals surface area contributed by atoms with Crippen LogP contribution in [0.5, 0.6) is 0 Å². The predicted molar refractivity (Wildman–Crippen MR) is 91.5 cm³/mol. The molecule has 0 radical (unpaired) electrons. The van der Waals surface area contributed by atoms with Gasteiger partial charge in [-0.05, 0) is 51.6 Å². The maximum absolute atomic E-state index is 11.7. The summed E-state index contributed by atoms with van der Waals surface area (Å²) in [5, 5.41) is 14.5. The van der Waals surface area contributed by atoms with Crippen molar-refractivity contribution in [1.29, 1.82) is 0 Å². The molecule has 1 aromatic carbocycles. The van der Waals surface area contributed by atoms with E-state index in [0.717, 1.165) is 25.7 Å². The first-order valence-electron chi connectivity index (χ1n) is 8.25. The average Bonchev–Trinajstić information content (AvgIpc) is 2.52. The van der Waals surface area contributed by atoms with Gasteiger partial charge in [0.2, 0.25) is 5.91 Å². The fraction of sp³-hybridized carbons (Fsp3) is 0.556. The van der Waals surface area contributed by atoms with E-state index in [0.29, 0.717) is 19.4 Å². The Bertz CT molecular complexity index is 486. The number of hydrogen-bond donors (Lipinski definition) is 3. The Morgan fingerprint density at radius 1 is 1.13 bits per heavy atom. The molecule has 0 saturated heterocycles. The van der Waals surface area contributed by atoms with E-state index in [1.165, 1.54) is 11.1 Å². The predicted octanol–water partition coefficient (Wildman–Crippen LogP) is 2.28. The normalized spacial score (nSPS) is 11.9. The Hall–Kier alpha value is -1.88.